The third-order valence-electron chi connectivity index (χ3n) is 4.85. The zero-order valence-corrected chi connectivity index (χ0v) is 13.9. The van der Waals surface area contributed by atoms with Crippen molar-refractivity contribution >= 4 is 22.5 Å². The number of hydrogen-bond donors (Lipinski definition) is 0. The molecule has 0 aliphatic carbocycles. The molecule has 4 heteroatoms. The summed E-state index contributed by atoms with van der Waals surface area (Å²) in [4.78, 5) is 17.3. The van der Waals surface area contributed by atoms with Crippen molar-refractivity contribution in [2.45, 2.75) is 0 Å². The summed E-state index contributed by atoms with van der Waals surface area (Å²) in [5, 5.41) is 1.04. The van der Waals surface area contributed by atoms with Crippen LogP contribution in [0.25, 0.3) is 10.9 Å². The number of carbonyl (C=O) groups excluding carboxylic acids is 1. The maximum atomic E-state index is 13.0. The van der Waals surface area contributed by atoms with E-state index < -0.39 is 0 Å². The van der Waals surface area contributed by atoms with E-state index in [4.69, 9.17) is 0 Å². The van der Waals surface area contributed by atoms with E-state index in [-0.39, 0.29) is 5.91 Å². The van der Waals surface area contributed by atoms with Crippen LogP contribution in [0, 0.1) is 0 Å². The van der Waals surface area contributed by atoms with E-state index in [0.29, 0.717) is 0 Å². The lowest BCUT2D eigenvalue weighted by atomic mass is 10.1. The molecule has 0 saturated carbocycles. The van der Waals surface area contributed by atoms with E-state index >= 15 is 0 Å². The van der Waals surface area contributed by atoms with Gasteiger partial charge in [-0.25, -0.2) is 0 Å². The Balaban J connectivity index is 1.52. The summed E-state index contributed by atoms with van der Waals surface area (Å²) >= 11 is 0. The van der Waals surface area contributed by atoms with E-state index in [1.165, 1.54) is 5.69 Å². The van der Waals surface area contributed by atoms with Gasteiger partial charge < -0.3 is 14.4 Å². The maximum Gasteiger partial charge on any atom is 0.254 e. The quantitative estimate of drug-likeness (QED) is 0.726. The van der Waals surface area contributed by atoms with Gasteiger partial charge in [0.25, 0.3) is 5.91 Å². The predicted octanol–water partition coefficient (Wildman–Crippen LogP) is 3.14. The van der Waals surface area contributed by atoms with E-state index in [1.807, 2.05) is 42.4 Å². The highest BCUT2D eigenvalue weighted by Crippen LogP contribution is 2.22. The first-order valence-electron chi connectivity index (χ1n) is 8.37. The molecule has 2 heterocycles. The van der Waals surface area contributed by atoms with E-state index in [0.717, 1.165) is 42.6 Å². The number of benzene rings is 2. The second kappa shape index (κ2) is 6.04. The Hall–Kier alpha value is -2.75. The molecule has 1 saturated heterocycles. The van der Waals surface area contributed by atoms with Crippen LogP contribution in [-0.4, -0.2) is 41.6 Å². The number of nitrogens with zero attached hydrogens (tertiary/aromatic N) is 3. The molecule has 4 nitrogen and oxygen atoms in total. The zero-order chi connectivity index (χ0) is 16.5. The number of carbonyl (C=O) groups is 1. The van der Waals surface area contributed by atoms with Gasteiger partial charge in [0.05, 0.1) is 0 Å². The molecule has 2 aromatic carbocycles. The normalized spacial score (nSPS) is 15.0. The van der Waals surface area contributed by atoms with Crippen LogP contribution in [0.15, 0.2) is 60.8 Å². The molecule has 4 rings (SSSR count). The van der Waals surface area contributed by atoms with Crippen LogP contribution in [0.5, 0.6) is 0 Å². The number of amides is 1. The SMILES string of the molecule is Cn1ccc2c(C(=O)N3CCN(c4ccccc4)CC3)cccc21. The average molecular weight is 319 g/mol. The highest BCUT2D eigenvalue weighted by Gasteiger charge is 2.23. The van der Waals surface area contributed by atoms with Crippen molar-refractivity contribution in [3.05, 3.63) is 66.4 Å². The average Bonchev–Trinajstić information content (AvgIpc) is 3.03. The highest BCUT2D eigenvalue weighted by atomic mass is 16.2. The molecule has 0 atom stereocenters. The highest BCUT2D eigenvalue weighted by molar-refractivity contribution is 6.06. The molecule has 24 heavy (non-hydrogen) atoms. The molecular formula is C20H21N3O. The van der Waals surface area contributed by atoms with Crippen LogP contribution >= 0.6 is 0 Å². The van der Waals surface area contributed by atoms with E-state index in [2.05, 4.69) is 39.8 Å². The number of rotatable bonds is 2. The monoisotopic (exact) mass is 319 g/mol. The molecule has 122 valence electrons. The minimum atomic E-state index is 0.138. The van der Waals surface area contributed by atoms with Gasteiger partial charge in [-0.15, -0.1) is 0 Å². The molecule has 0 radical (unpaired) electrons. The molecule has 1 aromatic heterocycles. The number of hydrogen-bond acceptors (Lipinski definition) is 2. The Morgan fingerprint density at radius 3 is 2.38 bits per heavy atom. The first-order valence-corrected chi connectivity index (χ1v) is 8.37. The second-order valence-corrected chi connectivity index (χ2v) is 6.28. The van der Waals surface area contributed by atoms with Gasteiger partial charge in [-0.05, 0) is 30.3 Å². The summed E-state index contributed by atoms with van der Waals surface area (Å²) in [6.45, 7) is 3.27. The topological polar surface area (TPSA) is 28.5 Å². The van der Waals surface area contributed by atoms with Crippen molar-refractivity contribution in [3.63, 3.8) is 0 Å². The Morgan fingerprint density at radius 2 is 1.62 bits per heavy atom. The van der Waals surface area contributed by atoms with Crippen molar-refractivity contribution in [1.29, 1.82) is 0 Å². The zero-order valence-electron chi connectivity index (χ0n) is 13.9. The van der Waals surface area contributed by atoms with E-state index in [9.17, 15) is 4.79 Å². The minimum Gasteiger partial charge on any atom is -0.368 e. The molecule has 0 unspecified atom stereocenters. The van der Waals surface area contributed by atoms with Crippen LogP contribution in [0.3, 0.4) is 0 Å². The van der Waals surface area contributed by atoms with Crippen LogP contribution in [0.4, 0.5) is 5.69 Å². The van der Waals surface area contributed by atoms with Crippen molar-refractivity contribution < 1.29 is 4.79 Å². The summed E-state index contributed by atoms with van der Waals surface area (Å²) in [6.07, 6.45) is 2.01. The minimum absolute atomic E-state index is 0.138. The van der Waals surface area contributed by atoms with Crippen LogP contribution in [0.2, 0.25) is 0 Å². The Labute approximate surface area is 141 Å². The molecule has 1 fully saturated rings. The predicted molar refractivity (Wildman–Crippen MR) is 97.5 cm³/mol. The number of aromatic nitrogens is 1. The van der Waals surface area contributed by atoms with Crippen LogP contribution in [-0.2, 0) is 7.05 Å². The first-order chi connectivity index (χ1) is 11.7. The number of fused-ring (bicyclic) bond motifs is 1. The maximum absolute atomic E-state index is 13.0. The van der Waals surface area contributed by atoms with Gasteiger partial charge in [0, 0.05) is 61.6 Å². The molecule has 0 spiro atoms. The molecule has 1 aliphatic rings. The standard InChI is InChI=1S/C20H21N3O/c1-21-11-10-17-18(8-5-9-19(17)21)20(24)23-14-12-22(13-15-23)16-6-3-2-4-7-16/h2-11H,12-15H2,1H3. The smallest absolute Gasteiger partial charge is 0.254 e. The summed E-state index contributed by atoms with van der Waals surface area (Å²) < 4.78 is 2.06. The van der Waals surface area contributed by atoms with Gasteiger partial charge in [-0.3, -0.25) is 4.79 Å². The summed E-state index contributed by atoms with van der Waals surface area (Å²) in [5.41, 5.74) is 3.14. The van der Waals surface area contributed by atoms with Gasteiger partial charge in [-0.2, -0.15) is 0 Å². The molecular weight excluding hydrogens is 298 g/mol. The number of para-hydroxylation sites is 1. The van der Waals surface area contributed by atoms with Gasteiger partial charge >= 0.3 is 0 Å². The third kappa shape index (κ3) is 2.54. The fourth-order valence-corrected chi connectivity index (χ4v) is 3.47. The molecule has 1 amide bonds. The van der Waals surface area contributed by atoms with Gasteiger partial charge in [-0.1, -0.05) is 24.3 Å². The molecule has 0 bridgehead atoms. The van der Waals surface area contributed by atoms with E-state index in [1.54, 1.807) is 0 Å². The third-order valence-corrected chi connectivity index (χ3v) is 4.85. The molecule has 1 aliphatic heterocycles. The van der Waals surface area contributed by atoms with Gasteiger partial charge in [0.15, 0.2) is 0 Å². The first kappa shape index (κ1) is 14.8. The van der Waals surface area contributed by atoms with Crippen LogP contribution in [0.1, 0.15) is 10.4 Å². The summed E-state index contributed by atoms with van der Waals surface area (Å²) in [7, 11) is 2.01. The lowest BCUT2D eigenvalue weighted by molar-refractivity contribution is 0.0749. The second-order valence-electron chi connectivity index (χ2n) is 6.28. The fraction of sp³-hybridized carbons (Fsp3) is 0.250. The van der Waals surface area contributed by atoms with Crippen LogP contribution < -0.4 is 4.90 Å². The number of piperazine rings is 1. The largest absolute Gasteiger partial charge is 0.368 e. The van der Waals surface area contributed by atoms with Crippen molar-refractivity contribution in [2.75, 3.05) is 31.1 Å². The molecule has 0 N–H and O–H groups in total. The fourth-order valence-electron chi connectivity index (χ4n) is 3.47. The van der Waals surface area contributed by atoms with Crippen molar-refractivity contribution in [1.82, 2.24) is 9.47 Å². The Bertz CT molecular complexity index is 861. The van der Waals surface area contributed by atoms with Crippen molar-refractivity contribution in [2.24, 2.45) is 7.05 Å². The number of aryl methyl sites for hydroxylation is 1. The van der Waals surface area contributed by atoms with Crippen molar-refractivity contribution in [3.8, 4) is 0 Å². The molecule has 3 aromatic rings. The Kier molecular flexibility index (Phi) is 3.73. The summed E-state index contributed by atoms with van der Waals surface area (Å²) in [5.74, 6) is 0.138. The lowest BCUT2D eigenvalue weighted by Gasteiger charge is -2.36. The Morgan fingerprint density at radius 1 is 0.875 bits per heavy atom. The van der Waals surface area contributed by atoms with Gasteiger partial charge in [0.2, 0.25) is 0 Å². The lowest BCUT2D eigenvalue weighted by Crippen LogP contribution is -2.48. The van der Waals surface area contributed by atoms with Gasteiger partial charge in [0.1, 0.15) is 0 Å². The number of anilines is 1. The summed E-state index contributed by atoms with van der Waals surface area (Å²) in [6, 6.07) is 18.4.